The van der Waals surface area contributed by atoms with Crippen molar-refractivity contribution >= 4 is 39.9 Å². The van der Waals surface area contributed by atoms with Gasteiger partial charge in [-0.05, 0) is 44.7 Å². The maximum absolute atomic E-state index is 13.2. The fraction of sp³-hybridized carbons (Fsp3) is 0.455. The number of rotatable bonds is 6. The van der Waals surface area contributed by atoms with Gasteiger partial charge in [0.25, 0.3) is 5.91 Å². The van der Waals surface area contributed by atoms with Gasteiger partial charge in [0.1, 0.15) is 5.66 Å². The zero-order valence-corrected chi connectivity index (χ0v) is 17.7. The summed E-state index contributed by atoms with van der Waals surface area (Å²) in [6, 6.07) is 7.27. The predicted molar refractivity (Wildman–Crippen MR) is 115 cm³/mol. The normalized spacial score (nSPS) is 22.8. The van der Waals surface area contributed by atoms with E-state index in [9.17, 15) is 14.4 Å². The minimum absolute atomic E-state index is 0.0374. The van der Waals surface area contributed by atoms with Gasteiger partial charge < -0.3 is 10.2 Å². The minimum atomic E-state index is -0.673. The molecule has 30 heavy (non-hydrogen) atoms. The molecule has 3 heterocycles. The average molecular weight is 425 g/mol. The summed E-state index contributed by atoms with van der Waals surface area (Å²) in [4.78, 5) is 46.2. The van der Waals surface area contributed by atoms with Gasteiger partial charge in [-0.3, -0.25) is 19.3 Å². The molecule has 0 radical (unpaired) electrons. The zero-order valence-electron chi connectivity index (χ0n) is 16.9. The number of aromatic nitrogens is 1. The van der Waals surface area contributed by atoms with E-state index in [1.807, 2.05) is 30.5 Å². The number of benzene rings is 1. The highest BCUT2D eigenvalue weighted by molar-refractivity contribution is 7.13. The maximum Gasteiger partial charge on any atom is 0.257 e. The summed E-state index contributed by atoms with van der Waals surface area (Å²) in [7, 11) is 0. The Bertz CT molecular complexity index is 1030. The largest absolute Gasteiger partial charge is 0.315 e. The van der Waals surface area contributed by atoms with Crippen LogP contribution in [0.15, 0.2) is 29.6 Å². The van der Waals surface area contributed by atoms with Gasteiger partial charge >= 0.3 is 0 Å². The van der Waals surface area contributed by atoms with Gasteiger partial charge in [-0.2, -0.15) is 0 Å². The van der Waals surface area contributed by atoms with E-state index in [0.717, 1.165) is 5.69 Å². The summed E-state index contributed by atoms with van der Waals surface area (Å²) < 4.78 is 0. The molecular formula is C22H24N4O3S. The van der Waals surface area contributed by atoms with Crippen LogP contribution < -0.4 is 10.2 Å². The Hall–Kier alpha value is -2.74. The molecule has 1 saturated heterocycles. The van der Waals surface area contributed by atoms with Crippen LogP contribution in [0.1, 0.15) is 67.4 Å². The standard InChI is InChI=1S/C22H24N4O3S/c1-22-11-10-19(28)26(22)17-6-3-2-5-15(17)20(29)25(22)12-4-7-18(27)24-21-23-16(13-30-21)14-8-9-14/h2-3,5-6,13-14H,4,7-12H2,1H3,(H,23,24,27)/t22-/m1/s1. The van der Waals surface area contributed by atoms with E-state index in [4.69, 9.17) is 0 Å². The number of hydrogen-bond donors (Lipinski definition) is 1. The quantitative estimate of drug-likeness (QED) is 0.766. The zero-order chi connectivity index (χ0) is 20.9. The molecule has 3 aliphatic rings. The summed E-state index contributed by atoms with van der Waals surface area (Å²) >= 11 is 1.46. The fourth-order valence-corrected chi connectivity index (χ4v) is 5.34. The third kappa shape index (κ3) is 3.19. The SMILES string of the molecule is C[C@]12CCC(=O)N1c1ccccc1C(=O)N2CCCC(=O)Nc1nc(C2CC2)cs1. The Morgan fingerprint density at radius 1 is 1.30 bits per heavy atom. The lowest BCUT2D eigenvalue weighted by Crippen LogP contribution is -2.62. The average Bonchev–Trinajstić information content (AvgIpc) is 3.40. The van der Waals surface area contributed by atoms with Crippen LogP contribution in [0.25, 0.3) is 0 Å². The number of carbonyl (C=O) groups excluding carboxylic acids is 3. The van der Waals surface area contributed by atoms with E-state index in [0.29, 0.717) is 54.5 Å². The summed E-state index contributed by atoms with van der Waals surface area (Å²) in [5.41, 5.74) is 1.64. The Morgan fingerprint density at radius 3 is 2.90 bits per heavy atom. The maximum atomic E-state index is 13.2. The lowest BCUT2D eigenvalue weighted by Gasteiger charge is -2.48. The van der Waals surface area contributed by atoms with Crippen molar-refractivity contribution in [2.45, 2.75) is 57.0 Å². The van der Waals surface area contributed by atoms with E-state index in [1.165, 1.54) is 24.2 Å². The van der Waals surface area contributed by atoms with E-state index >= 15 is 0 Å². The number of nitrogens with zero attached hydrogens (tertiary/aromatic N) is 3. The van der Waals surface area contributed by atoms with Crippen LogP contribution in [-0.2, 0) is 9.59 Å². The van der Waals surface area contributed by atoms with Crippen LogP contribution in [0.4, 0.5) is 10.8 Å². The number of fused-ring (bicyclic) bond motifs is 3. The Balaban J connectivity index is 1.25. The number of thiazole rings is 1. The second-order valence-corrected chi connectivity index (χ2v) is 9.28. The van der Waals surface area contributed by atoms with Crippen molar-refractivity contribution in [1.29, 1.82) is 0 Å². The first-order chi connectivity index (χ1) is 14.5. The van der Waals surface area contributed by atoms with Crippen molar-refractivity contribution in [3.8, 4) is 0 Å². The van der Waals surface area contributed by atoms with Crippen LogP contribution in [-0.4, -0.2) is 39.8 Å². The van der Waals surface area contributed by atoms with E-state index in [2.05, 4.69) is 10.3 Å². The molecule has 2 fully saturated rings. The first kappa shape index (κ1) is 19.2. The molecule has 5 rings (SSSR count). The molecule has 8 heteroatoms. The molecule has 1 N–H and O–H groups in total. The molecule has 1 atom stereocenters. The number of hydrogen-bond acceptors (Lipinski definition) is 5. The van der Waals surface area contributed by atoms with Crippen molar-refractivity contribution in [3.05, 3.63) is 40.9 Å². The van der Waals surface area contributed by atoms with Gasteiger partial charge in [-0.1, -0.05) is 12.1 Å². The van der Waals surface area contributed by atoms with Gasteiger partial charge in [0.15, 0.2) is 5.13 Å². The van der Waals surface area contributed by atoms with E-state index in [1.54, 1.807) is 15.9 Å². The van der Waals surface area contributed by atoms with Crippen molar-refractivity contribution in [2.24, 2.45) is 0 Å². The number of anilines is 2. The van der Waals surface area contributed by atoms with Crippen molar-refractivity contribution in [2.75, 3.05) is 16.8 Å². The second-order valence-electron chi connectivity index (χ2n) is 8.42. The summed E-state index contributed by atoms with van der Waals surface area (Å²) in [5, 5.41) is 5.53. The Morgan fingerprint density at radius 2 is 2.10 bits per heavy atom. The van der Waals surface area contributed by atoms with Gasteiger partial charge in [-0.15, -0.1) is 11.3 Å². The minimum Gasteiger partial charge on any atom is -0.315 e. The monoisotopic (exact) mass is 424 g/mol. The van der Waals surface area contributed by atoms with Crippen molar-refractivity contribution in [3.63, 3.8) is 0 Å². The summed E-state index contributed by atoms with van der Waals surface area (Å²) in [6.07, 6.45) is 4.21. The Labute approximate surface area is 179 Å². The number of carbonyl (C=O) groups is 3. The topological polar surface area (TPSA) is 82.6 Å². The number of nitrogens with one attached hydrogen (secondary N) is 1. The molecule has 1 aromatic heterocycles. The highest BCUT2D eigenvalue weighted by Crippen LogP contribution is 2.44. The molecule has 1 aromatic carbocycles. The highest BCUT2D eigenvalue weighted by atomic mass is 32.1. The summed E-state index contributed by atoms with van der Waals surface area (Å²) in [6.45, 7) is 2.37. The molecule has 2 aromatic rings. The van der Waals surface area contributed by atoms with Gasteiger partial charge in [-0.25, -0.2) is 4.98 Å². The first-order valence-electron chi connectivity index (χ1n) is 10.5. The third-order valence-electron chi connectivity index (χ3n) is 6.30. The molecule has 2 aliphatic heterocycles. The molecule has 0 unspecified atom stereocenters. The highest BCUT2D eigenvalue weighted by Gasteiger charge is 2.52. The molecule has 0 bridgehead atoms. The lowest BCUT2D eigenvalue weighted by molar-refractivity contribution is -0.118. The van der Waals surface area contributed by atoms with Crippen LogP contribution >= 0.6 is 11.3 Å². The lowest BCUT2D eigenvalue weighted by atomic mass is 9.98. The third-order valence-corrected chi connectivity index (χ3v) is 7.07. The molecule has 7 nitrogen and oxygen atoms in total. The second kappa shape index (κ2) is 7.19. The van der Waals surface area contributed by atoms with Gasteiger partial charge in [0, 0.05) is 30.7 Å². The molecule has 1 saturated carbocycles. The number of amides is 3. The molecule has 3 amide bonds. The van der Waals surface area contributed by atoms with E-state index in [-0.39, 0.29) is 17.7 Å². The molecular weight excluding hydrogens is 400 g/mol. The molecule has 0 spiro atoms. The Kier molecular flexibility index (Phi) is 4.61. The van der Waals surface area contributed by atoms with Gasteiger partial charge in [0.05, 0.1) is 16.9 Å². The predicted octanol–water partition coefficient (Wildman–Crippen LogP) is 3.74. The van der Waals surface area contributed by atoms with Crippen LogP contribution in [0.2, 0.25) is 0 Å². The molecule has 1 aliphatic carbocycles. The number of para-hydroxylation sites is 1. The van der Waals surface area contributed by atoms with Crippen molar-refractivity contribution < 1.29 is 14.4 Å². The molecule has 156 valence electrons. The van der Waals surface area contributed by atoms with Gasteiger partial charge in [0.2, 0.25) is 11.8 Å². The summed E-state index contributed by atoms with van der Waals surface area (Å²) in [5.74, 6) is 0.433. The fourth-order valence-electron chi connectivity index (χ4n) is 4.53. The van der Waals surface area contributed by atoms with E-state index < -0.39 is 5.66 Å². The smallest absolute Gasteiger partial charge is 0.257 e. The van der Waals surface area contributed by atoms with Crippen LogP contribution in [0.3, 0.4) is 0 Å². The van der Waals surface area contributed by atoms with Crippen LogP contribution in [0.5, 0.6) is 0 Å². The first-order valence-corrected chi connectivity index (χ1v) is 11.3. The van der Waals surface area contributed by atoms with Crippen molar-refractivity contribution in [1.82, 2.24) is 9.88 Å². The van der Waals surface area contributed by atoms with Crippen LogP contribution in [0, 0.1) is 0 Å².